The van der Waals surface area contributed by atoms with Gasteiger partial charge in [0.2, 0.25) is 0 Å². The predicted octanol–water partition coefficient (Wildman–Crippen LogP) is 2.46. The van der Waals surface area contributed by atoms with Crippen molar-refractivity contribution in [2.45, 2.75) is 26.3 Å². The van der Waals surface area contributed by atoms with Crippen LogP contribution in [0.3, 0.4) is 0 Å². The van der Waals surface area contributed by atoms with Crippen LogP contribution in [0.25, 0.3) is 0 Å². The van der Waals surface area contributed by atoms with Gasteiger partial charge in [-0.2, -0.15) is 0 Å². The molecule has 0 aromatic heterocycles. The fourth-order valence-corrected chi connectivity index (χ4v) is 0.861. The molecule has 0 aliphatic heterocycles. The molecule has 76 valence electrons. The van der Waals surface area contributed by atoms with Crippen LogP contribution >= 0.6 is 15.9 Å². The third kappa shape index (κ3) is 9.40. The Balaban J connectivity index is 3.58. The summed E-state index contributed by atoms with van der Waals surface area (Å²) in [7, 11) is 0. The van der Waals surface area contributed by atoms with Gasteiger partial charge in [-0.15, -0.1) is 0 Å². The summed E-state index contributed by atoms with van der Waals surface area (Å²) in [4.78, 5) is 11.0. The minimum absolute atomic E-state index is 0.240. The molecule has 0 spiro atoms. The van der Waals surface area contributed by atoms with E-state index in [1.54, 1.807) is 6.08 Å². The number of allylic oxidation sites excluding steroid dienone is 1. The summed E-state index contributed by atoms with van der Waals surface area (Å²) in [5.41, 5.74) is -0.240. The summed E-state index contributed by atoms with van der Waals surface area (Å²) >= 11 is 3.22. The van der Waals surface area contributed by atoms with Crippen LogP contribution in [0.2, 0.25) is 0 Å². The molecular formula is C9H16BrNO2. The summed E-state index contributed by atoms with van der Waals surface area (Å²) in [6.07, 6.45) is 3.29. The lowest BCUT2D eigenvalue weighted by molar-refractivity contribution is 0.149. The molecule has 0 saturated carbocycles. The van der Waals surface area contributed by atoms with E-state index >= 15 is 0 Å². The number of carbonyl (C=O) groups is 1. The quantitative estimate of drug-likeness (QED) is 0.617. The number of ether oxygens (including phenoxy) is 1. The van der Waals surface area contributed by atoms with Gasteiger partial charge in [-0.05, 0) is 20.8 Å². The minimum Gasteiger partial charge on any atom is -0.445 e. The van der Waals surface area contributed by atoms with Crippen LogP contribution in [0.4, 0.5) is 4.79 Å². The van der Waals surface area contributed by atoms with Crippen LogP contribution < -0.4 is 5.32 Å². The summed E-state index contributed by atoms with van der Waals surface area (Å²) < 4.78 is 4.86. The number of carbonyl (C=O) groups excluding carboxylic acids is 1. The molecule has 0 aliphatic rings. The normalized spacial score (nSPS) is 11.7. The van der Waals surface area contributed by atoms with Crippen LogP contribution in [-0.4, -0.2) is 23.6 Å². The second kappa shape index (κ2) is 6.02. The molecule has 1 amide bonds. The molecule has 3 nitrogen and oxygen atoms in total. The molecule has 0 rings (SSSR count). The zero-order valence-corrected chi connectivity index (χ0v) is 9.85. The van der Waals surface area contributed by atoms with Crippen molar-refractivity contribution in [3.63, 3.8) is 0 Å². The van der Waals surface area contributed by atoms with Crippen molar-refractivity contribution < 1.29 is 9.53 Å². The Labute approximate surface area is 87.7 Å². The highest BCUT2D eigenvalue weighted by atomic mass is 79.9. The van der Waals surface area contributed by atoms with E-state index in [4.69, 9.17) is 4.74 Å². The number of nitrogens with one attached hydrogen (secondary N) is 1. The van der Waals surface area contributed by atoms with Gasteiger partial charge in [-0.1, -0.05) is 28.1 Å². The molecule has 0 aliphatic carbocycles. The monoisotopic (exact) mass is 249 g/mol. The highest BCUT2D eigenvalue weighted by molar-refractivity contribution is 9.09. The first-order chi connectivity index (χ1) is 5.95. The number of alkyl carbamates (subject to hydrolysis) is 1. The van der Waals surface area contributed by atoms with Gasteiger partial charge in [0.15, 0.2) is 0 Å². The topological polar surface area (TPSA) is 38.3 Å². The van der Waals surface area contributed by atoms with Crippen LogP contribution in [0, 0.1) is 0 Å². The molecule has 0 radical (unpaired) electrons. The Morgan fingerprint density at radius 2 is 2.08 bits per heavy atom. The highest BCUT2D eigenvalue weighted by Crippen LogP contribution is 1.98. The maximum absolute atomic E-state index is 11.0. The molecule has 0 aromatic rings. The molecule has 0 atom stereocenters. The first-order valence-electron chi connectivity index (χ1n) is 4.11. The lowest BCUT2D eigenvalue weighted by Crippen LogP contribution is -2.40. The van der Waals surface area contributed by atoms with Crippen molar-refractivity contribution in [1.82, 2.24) is 5.32 Å². The lowest BCUT2D eigenvalue weighted by atomic mass is 10.1. The van der Waals surface area contributed by atoms with Crippen LogP contribution in [0.1, 0.15) is 20.8 Å². The van der Waals surface area contributed by atoms with E-state index < -0.39 is 0 Å². The van der Waals surface area contributed by atoms with Crippen LogP contribution in [0.5, 0.6) is 0 Å². The second-order valence-electron chi connectivity index (χ2n) is 3.60. The van der Waals surface area contributed by atoms with Crippen LogP contribution in [-0.2, 0) is 4.74 Å². The van der Waals surface area contributed by atoms with E-state index in [9.17, 15) is 4.79 Å². The van der Waals surface area contributed by atoms with Crippen molar-refractivity contribution in [1.29, 1.82) is 0 Å². The lowest BCUT2D eigenvalue weighted by Gasteiger charge is -2.19. The first-order valence-corrected chi connectivity index (χ1v) is 5.24. The van der Waals surface area contributed by atoms with Gasteiger partial charge < -0.3 is 10.1 Å². The Bertz CT molecular complexity index is 185. The van der Waals surface area contributed by atoms with Crippen molar-refractivity contribution in [2.24, 2.45) is 0 Å². The van der Waals surface area contributed by atoms with Gasteiger partial charge in [0.05, 0.1) is 0 Å². The van der Waals surface area contributed by atoms with E-state index in [1.165, 1.54) is 0 Å². The SMILES string of the molecule is CC(C)(C)NC(=O)OC/C=C/CBr. The second-order valence-corrected chi connectivity index (χ2v) is 4.25. The van der Waals surface area contributed by atoms with Crippen molar-refractivity contribution in [2.75, 3.05) is 11.9 Å². The van der Waals surface area contributed by atoms with Crippen molar-refractivity contribution in [3.8, 4) is 0 Å². The fourth-order valence-electron chi connectivity index (χ4n) is 0.597. The Hall–Kier alpha value is -0.510. The number of rotatable bonds is 3. The zero-order valence-electron chi connectivity index (χ0n) is 8.26. The van der Waals surface area contributed by atoms with Crippen LogP contribution in [0.15, 0.2) is 12.2 Å². The smallest absolute Gasteiger partial charge is 0.407 e. The maximum Gasteiger partial charge on any atom is 0.407 e. The number of hydrogen-bond acceptors (Lipinski definition) is 2. The van der Waals surface area contributed by atoms with Gasteiger partial charge in [0, 0.05) is 10.9 Å². The van der Waals surface area contributed by atoms with E-state index in [0.29, 0.717) is 6.61 Å². The minimum atomic E-state index is -0.383. The third-order valence-corrected chi connectivity index (χ3v) is 1.42. The number of alkyl halides is 1. The number of halogens is 1. The molecule has 4 heteroatoms. The summed E-state index contributed by atoms with van der Waals surface area (Å²) in [5.74, 6) is 0. The van der Waals surface area contributed by atoms with Crippen molar-refractivity contribution >= 4 is 22.0 Å². The highest BCUT2D eigenvalue weighted by Gasteiger charge is 2.13. The summed E-state index contributed by atoms with van der Waals surface area (Å²) in [6.45, 7) is 6.03. The zero-order chi connectivity index (χ0) is 10.3. The summed E-state index contributed by atoms with van der Waals surface area (Å²) in [6, 6.07) is 0. The van der Waals surface area contributed by atoms with Gasteiger partial charge >= 0.3 is 6.09 Å². The van der Waals surface area contributed by atoms with Gasteiger partial charge in [-0.25, -0.2) is 4.79 Å². The Morgan fingerprint density at radius 3 is 2.54 bits per heavy atom. The molecule has 0 fully saturated rings. The van der Waals surface area contributed by atoms with E-state index in [1.807, 2.05) is 26.8 Å². The van der Waals surface area contributed by atoms with Crippen molar-refractivity contribution in [3.05, 3.63) is 12.2 Å². The van der Waals surface area contributed by atoms with E-state index in [2.05, 4.69) is 21.2 Å². The average Bonchev–Trinajstić information content (AvgIpc) is 1.94. The fraction of sp³-hybridized carbons (Fsp3) is 0.667. The third-order valence-electron chi connectivity index (χ3n) is 1.04. The Kier molecular flexibility index (Phi) is 5.79. The maximum atomic E-state index is 11.0. The molecule has 0 unspecified atom stereocenters. The predicted molar refractivity (Wildman–Crippen MR) is 57.2 cm³/mol. The molecule has 0 heterocycles. The first kappa shape index (κ1) is 12.5. The van der Waals surface area contributed by atoms with E-state index in [-0.39, 0.29) is 11.6 Å². The molecule has 13 heavy (non-hydrogen) atoms. The Morgan fingerprint density at radius 1 is 1.46 bits per heavy atom. The number of hydrogen-bond donors (Lipinski definition) is 1. The number of amides is 1. The van der Waals surface area contributed by atoms with Gasteiger partial charge in [-0.3, -0.25) is 0 Å². The average molecular weight is 250 g/mol. The molecule has 1 N–H and O–H groups in total. The molecule has 0 saturated heterocycles. The van der Waals surface area contributed by atoms with Gasteiger partial charge in [0.1, 0.15) is 6.61 Å². The standard InChI is InChI=1S/C9H16BrNO2/c1-9(2,3)11-8(12)13-7-5-4-6-10/h4-5H,6-7H2,1-3H3,(H,11,12)/b5-4+. The van der Waals surface area contributed by atoms with E-state index in [0.717, 1.165) is 5.33 Å². The molecule has 0 aromatic carbocycles. The summed E-state index contributed by atoms with van der Waals surface area (Å²) in [5, 5.41) is 3.46. The largest absolute Gasteiger partial charge is 0.445 e. The van der Waals surface area contributed by atoms with Gasteiger partial charge in [0.25, 0.3) is 0 Å². The molecule has 0 bridgehead atoms. The molecular weight excluding hydrogens is 234 g/mol.